The first kappa shape index (κ1) is 17.1. The van der Waals surface area contributed by atoms with E-state index in [1.165, 1.54) is 0 Å². The van der Waals surface area contributed by atoms with E-state index < -0.39 is 0 Å². The number of amides is 1. The number of carbonyl (C=O) groups excluding carboxylic acids is 1. The molecule has 2 saturated heterocycles. The minimum atomic E-state index is -0.346. The summed E-state index contributed by atoms with van der Waals surface area (Å²) < 4.78 is 6.07. The van der Waals surface area contributed by atoms with Crippen LogP contribution in [0.1, 0.15) is 12.0 Å². The maximum Gasteiger partial charge on any atom is 0.239 e. The van der Waals surface area contributed by atoms with Crippen LogP contribution in [0.15, 0.2) is 68.3 Å². The molecule has 1 aromatic carbocycles. The number of carbonyl (C=O) groups is 1. The van der Waals surface area contributed by atoms with E-state index in [0.717, 1.165) is 17.7 Å². The second kappa shape index (κ2) is 6.99. The lowest BCUT2D eigenvalue weighted by Crippen LogP contribution is -2.75. The van der Waals surface area contributed by atoms with Crippen molar-refractivity contribution in [2.45, 2.75) is 36.0 Å². The molecule has 0 aliphatic carbocycles. The van der Waals surface area contributed by atoms with E-state index in [9.17, 15) is 4.79 Å². The van der Waals surface area contributed by atoms with Gasteiger partial charge in [0.15, 0.2) is 0 Å². The van der Waals surface area contributed by atoms with E-state index in [2.05, 4.69) is 31.9 Å². The number of benzene rings is 1. The average Bonchev–Trinajstić information content (AvgIpc) is 3.02. The highest BCUT2D eigenvalue weighted by Gasteiger charge is 2.67. The van der Waals surface area contributed by atoms with Crippen LogP contribution in [0.2, 0.25) is 0 Å². The predicted molar refractivity (Wildman–Crippen MR) is 99.8 cm³/mol. The fourth-order valence-corrected chi connectivity index (χ4v) is 4.96. The van der Waals surface area contributed by atoms with Gasteiger partial charge in [-0.05, 0) is 5.56 Å². The van der Waals surface area contributed by atoms with Gasteiger partial charge in [-0.2, -0.15) is 0 Å². The zero-order valence-corrected chi connectivity index (χ0v) is 14.6. The van der Waals surface area contributed by atoms with Crippen LogP contribution in [0, 0.1) is 0 Å². The van der Waals surface area contributed by atoms with Gasteiger partial charge in [-0.1, -0.05) is 48.6 Å². The molecule has 0 saturated carbocycles. The molecule has 4 atom stereocenters. The van der Waals surface area contributed by atoms with Gasteiger partial charge in [-0.15, -0.1) is 31.5 Å². The summed E-state index contributed by atoms with van der Waals surface area (Å²) in [6.07, 6.45) is 6.03. The molecule has 24 heavy (non-hydrogen) atoms. The summed E-state index contributed by atoms with van der Waals surface area (Å²) >= 11 is 1.64. The minimum Gasteiger partial charge on any atom is -0.364 e. The molecular weight excluding hydrogens is 318 g/mol. The van der Waals surface area contributed by atoms with Crippen LogP contribution in [0.25, 0.3) is 0 Å². The highest BCUT2D eigenvalue weighted by molar-refractivity contribution is 8.00. The normalized spacial score (nSPS) is 31.8. The van der Waals surface area contributed by atoms with Gasteiger partial charge in [0, 0.05) is 18.7 Å². The number of rotatable bonds is 7. The summed E-state index contributed by atoms with van der Waals surface area (Å²) in [4.78, 5) is 14.8. The fourth-order valence-electron chi connectivity index (χ4n) is 3.72. The topological polar surface area (TPSA) is 29.5 Å². The lowest BCUT2D eigenvalue weighted by molar-refractivity contribution is -0.159. The second-order valence-electron chi connectivity index (χ2n) is 6.17. The van der Waals surface area contributed by atoms with Crippen LogP contribution in [0.4, 0.5) is 0 Å². The van der Waals surface area contributed by atoms with Crippen LogP contribution < -0.4 is 0 Å². The van der Waals surface area contributed by atoms with Gasteiger partial charge >= 0.3 is 0 Å². The Hall–Kier alpha value is -1.78. The smallest absolute Gasteiger partial charge is 0.239 e. The molecule has 3 rings (SSSR count). The number of hydrogen-bond acceptors (Lipinski definition) is 3. The second-order valence-corrected chi connectivity index (χ2v) is 7.31. The SMILES string of the molecule is C=CCS[C@H]1C(=O)N(Cc2ccccc2)[C@]12C[C@H](C=C)O[C@@H]2C=C. The summed E-state index contributed by atoms with van der Waals surface area (Å²) in [6.45, 7) is 12.2. The number of nitrogens with zero attached hydrogens (tertiary/aromatic N) is 1. The molecule has 1 spiro atoms. The van der Waals surface area contributed by atoms with Crippen molar-refractivity contribution in [3.05, 3.63) is 73.9 Å². The van der Waals surface area contributed by atoms with Crippen molar-refractivity contribution in [3.8, 4) is 0 Å². The van der Waals surface area contributed by atoms with Crippen molar-refractivity contribution >= 4 is 17.7 Å². The van der Waals surface area contributed by atoms with Crippen molar-refractivity contribution < 1.29 is 9.53 Å². The van der Waals surface area contributed by atoms with Crippen molar-refractivity contribution in [2.24, 2.45) is 0 Å². The van der Waals surface area contributed by atoms with Gasteiger partial charge in [-0.3, -0.25) is 4.79 Å². The predicted octanol–water partition coefficient (Wildman–Crippen LogP) is 3.58. The van der Waals surface area contributed by atoms with Crippen molar-refractivity contribution in [1.82, 2.24) is 4.90 Å². The van der Waals surface area contributed by atoms with Gasteiger partial charge in [0.25, 0.3) is 0 Å². The van der Waals surface area contributed by atoms with Gasteiger partial charge in [0.2, 0.25) is 5.91 Å². The first-order chi connectivity index (χ1) is 11.7. The minimum absolute atomic E-state index is 0.0498. The number of hydrogen-bond donors (Lipinski definition) is 0. The molecule has 126 valence electrons. The Balaban J connectivity index is 1.92. The maximum atomic E-state index is 12.8. The Labute approximate surface area is 148 Å². The molecule has 2 aliphatic heterocycles. The monoisotopic (exact) mass is 341 g/mol. The molecule has 0 unspecified atom stereocenters. The Kier molecular flexibility index (Phi) is 4.97. The first-order valence-corrected chi connectivity index (χ1v) is 9.20. The van der Waals surface area contributed by atoms with E-state index >= 15 is 0 Å². The van der Waals surface area contributed by atoms with Crippen LogP contribution in [-0.2, 0) is 16.1 Å². The standard InChI is InChI=1S/C20H23NO2S/c1-4-12-24-18-19(22)21(14-15-10-8-7-9-11-15)20(18)13-16(5-2)23-17(20)6-3/h4-11,16-18H,1-3,12-14H2/t16-,17+,18-,20-/m0/s1. The molecular formula is C20H23NO2S. The average molecular weight is 341 g/mol. The summed E-state index contributed by atoms with van der Waals surface area (Å²) in [5.41, 5.74) is 0.781. The third kappa shape index (κ3) is 2.64. The molecule has 0 aromatic heterocycles. The van der Waals surface area contributed by atoms with E-state index in [1.54, 1.807) is 11.8 Å². The summed E-state index contributed by atoms with van der Waals surface area (Å²) in [5.74, 6) is 0.922. The summed E-state index contributed by atoms with van der Waals surface area (Å²) in [5, 5.41) is -0.118. The molecule has 2 fully saturated rings. The molecule has 0 radical (unpaired) electrons. The number of likely N-dealkylation sites (tertiary alicyclic amines) is 1. The zero-order chi connectivity index (χ0) is 17.2. The number of ether oxygens (including phenoxy) is 1. The van der Waals surface area contributed by atoms with Crippen molar-refractivity contribution in [3.63, 3.8) is 0 Å². The quantitative estimate of drug-likeness (QED) is 0.561. The van der Waals surface area contributed by atoms with E-state index in [0.29, 0.717) is 6.54 Å². The third-order valence-corrected chi connectivity index (χ3v) is 6.20. The van der Waals surface area contributed by atoms with E-state index in [-0.39, 0.29) is 28.9 Å². The molecule has 2 heterocycles. The van der Waals surface area contributed by atoms with E-state index in [1.807, 2.05) is 41.3 Å². The van der Waals surface area contributed by atoms with Gasteiger partial charge < -0.3 is 9.64 Å². The van der Waals surface area contributed by atoms with E-state index in [4.69, 9.17) is 4.74 Å². The van der Waals surface area contributed by atoms with Crippen molar-refractivity contribution in [1.29, 1.82) is 0 Å². The molecule has 1 aromatic rings. The highest BCUT2D eigenvalue weighted by atomic mass is 32.2. The lowest BCUT2D eigenvalue weighted by Gasteiger charge is -2.57. The van der Waals surface area contributed by atoms with Gasteiger partial charge in [-0.25, -0.2) is 0 Å². The van der Waals surface area contributed by atoms with Crippen LogP contribution in [-0.4, -0.2) is 39.6 Å². The number of thioether (sulfide) groups is 1. The van der Waals surface area contributed by atoms with Crippen LogP contribution in [0.5, 0.6) is 0 Å². The van der Waals surface area contributed by atoms with Crippen molar-refractivity contribution in [2.75, 3.05) is 5.75 Å². The Morgan fingerprint density at radius 2 is 2.00 bits per heavy atom. The Morgan fingerprint density at radius 1 is 1.25 bits per heavy atom. The molecule has 2 aliphatic rings. The molecule has 0 N–H and O–H groups in total. The molecule has 0 bridgehead atoms. The fraction of sp³-hybridized carbons (Fsp3) is 0.350. The molecule has 1 amide bonds. The number of β-lactam (4-membered cyclic amide) rings is 1. The Morgan fingerprint density at radius 3 is 2.62 bits per heavy atom. The first-order valence-electron chi connectivity index (χ1n) is 8.16. The zero-order valence-electron chi connectivity index (χ0n) is 13.8. The Bertz CT molecular complexity index is 644. The third-order valence-electron chi connectivity index (χ3n) is 4.83. The maximum absolute atomic E-state index is 12.8. The van der Waals surface area contributed by atoms with Gasteiger partial charge in [0.05, 0.1) is 11.6 Å². The molecule has 4 heteroatoms. The van der Waals surface area contributed by atoms with Crippen LogP contribution >= 0.6 is 11.8 Å². The summed E-state index contributed by atoms with van der Waals surface area (Å²) in [7, 11) is 0. The summed E-state index contributed by atoms with van der Waals surface area (Å²) in [6, 6.07) is 10.1. The van der Waals surface area contributed by atoms with Crippen LogP contribution in [0.3, 0.4) is 0 Å². The molecule has 3 nitrogen and oxygen atoms in total. The van der Waals surface area contributed by atoms with Gasteiger partial charge in [0.1, 0.15) is 11.4 Å². The lowest BCUT2D eigenvalue weighted by atomic mass is 9.75. The largest absolute Gasteiger partial charge is 0.364 e. The highest BCUT2D eigenvalue weighted by Crippen LogP contribution is 2.52.